The van der Waals surface area contributed by atoms with E-state index in [1.54, 1.807) is 0 Å². The first-order valence-electron chi connectivity index (χ1n) is 18.4. The van der Waals surface area contributed by atoms with E-state index in [0.717, 1.165) is 33.6 Å². The summed E-state index contributed by atoms with van der Waals surface area (Å²) in [5, 5.41) is 35.5. The minimum atomic E-state index is -0.153. The maximum absolute atomic E-state index is 13.2. The van der Waals surface area contributed by atoms with E-state index in [-0.39, 0.29) is 28.5 Å². The summed E-state index contributed by atoms with van der Waals surface area (Å²) < 4.78 is 2.90. The molecule has 2 heterocycles. The number of hydrogen-bond acceptors (Lipinski definition) is 6. The van der Waals surface area contributed by atoms with Gasteiger partial charge in [0.1, 0.15) is 0 Å². The van der Waals surface area contributed by atoms with Crippen LogP contribution in [-0.2, 0) is 29.9 Å². The molecule has 0 unspecified atom stereocenters. The number of aromatic nitrogens is 4. The van der Waals surface area contributed by atoms with Crippen LogP contribution in [0.4, 0.5) is 0 Å². The first kappa shape index (κ1) is 39.9. The predicted molar refractivity (Wildman–Crippen MR) is 220 cm³/mol. The molecule has 0 aliphatic rings. The molecule has 2 aromatic heterocycles. The monoisotopic (exact) mass is 791 g/mol. The first-order valence-corrected chi connectivity index (χ1v) is 18.4. The second-order valence-electron chi connectivity index (χ2n) is 13.1. The fraction of sp³-hybridized carbons (Fsp3) is 0.0833. The van der Waals surface area contributed by atoms with Crippen LogP contribution < -0.4 is 10.2 Å². The van der Waals surface area contributed by atoms with E-state index in [1.807, 2.05) is 196 Å². The van der Waals surface area contributed by atoms with Gasteiger partial charge in [0.05, 0.1) is 47.3 Å². The molecule has 0 saturated carbocycles. The van der Waals surface area contributed by atoms with E-state index in [4.69, 9.17) is 9.98 Å². The van der Waals surface area contributed by atoms with Crippen LogP contribution in [0.2, 0.25) is 0 Å². The van der Waals surface area contributed by atoms with Gasteiger partial charge in [-0.25, -0.2) is 9.36 Å². The van der Waals surface area contributed by atoms with Crippen molar-refractivity contribution in [2.75, 3.05) is 0 Å². The number of para-hydroxylation sites is 2. The SMILES string of the molecule is Cc1nn(-c2ccccc2)c([O-])c1C(=NCc1ccccc1)c1ccccc1.Cc1nn(-c2ccccc2)c([O-])c1C(=NCc1ccccc1)c1ccccc1.[Co+2]. The normalized spacial score (nSPS) is 11.3. The zero-order chi connectivity index (χ0) is 38.7. The van der Waals surface area contributed by atoms with Crippen LogP contribution in [0.3, 0.4) is 0 Å². The van der Waals surface area contributed by atoms with Gasteiger partial charge in [0.25, 0.3) is 0 Å². The van der Waals surface area contributed by atoms with Gasteiger partial charge in [-0.2, -0.15) is 10.2 Å². The molecule has 8 nitrogen and oxygen atoms in total. The van der Waals surface area contributed by atoms with E-state index in [1.165, 1.54) is 9.36 Å². The molecular formula is C48H40CoN6O2. The largest absolute Gasteiger partial charge is 2.00 e. The molecule has 0 fully saturated rings. The quantitative estimate of drug-likeness (QED) is 0.129. The molecule has 0 N–H and O–H groups in total. The second kappa shape index (κ2) is 19.2. The van der Waals surface area contributed by atoms with Gasteiger partial charge < -0.3 is 10.2 Å². The Hall–Kier alpha value is -6.81. The van der Waals surface area contributed by atoms with Crippen molar-refractivity contribution in [1.29, 1.82) is 0 Å². The van der Waals surface area contributed by atoms with E-state index >= 15 is 0 Å². The molecule has 6 aromatic carbocycles. The molecule has 0 bridgehead atoms. The van der Waals surface area contributed by atoms with Crippen LogP contribution in [0.5, 0.6) is 11.8 Å². The number of rotatable bonds is 10. The first-order chi connectivity index (χ1) is 27.5. The summed E-state index contributed by atoms with van der Waals surface area (Å²) in [7, 11) is 0. The number of aryl methyl sites for hydroxylation is 2. The molecule has 283 valence electrons. The third-order valence-corrected chi connectivity index (χ3v) is 9.13. The zero-order valence-electron chi connectivity index (χ0n) is 31.6. The average Bonchev–Trinajstić information content (AvgIpc) is 3.72. The van der Waals surface area contributed by atoms with Crippen LogP contribution in [0.1, 0.15) is 44.8 Å². The van der Waals surface area contributed by atoms with Crippen molar-refractivity contribution in [2.45, 2.75) is 26.9 Å². The minimum absolute atomic E-state index is 0. The Morgan fingerprint density at radius 2 is 0.719 bits per heavy atom. The number of hydrogen-bond donors (Lipinski definition) is 0. The molecule has 0 spiro atoms. The van der Waals surface area contributed by atoms with E-state index in [9.17, 15) is 10.2 Å². The summed E-state index contributed by atoms with van der Waals surface area (Å²) in [5.74, 6) is -0.307. The van der Waals surface area contributed by atoms with Gasteiger partial charge >= 0.3 is 16.8 Å². The Balaban J connectivity index is 0.000000189. The fourth-order valence-corrected chi connectivity index (χ4v) is 6.37. The standard InChI is InChI=1S/2C24H21N3O.Co/c2*1-18-22(24(28)27(26-18)21-15-9-4-10-16-21)23(20-13-7-3-8-14-20)25-17-19-11-5-2-6-12-19;/h2*2-16,28H,17H2,1H3;/q;;+2/p-2. The van der Waals surface area contributed by atoms with Crippen molar-refractivity contribution in [3.05, 3.63) is 227 Å². The second-order valence-corrected chi connectivity index (χ2v) is 13.1. The fourth-order valence-electron chi connectivity index (χ4n) is 6.37. The molecule has 0 atom stereocenters. The molecule has 57 heavy (non-hydrogen) atoms. The van der Waals surface area contributed by atoms with Crippen molar-refractivity contribution in [2.24, 2.45) is 9.98 Å². The van der Waals surface area contributed by atoms with E-state index in [2.05, 4.69) is 10.2 Å². The van der Waals surface area contributed by atoms with Crippen LogP contribution in [0, 0.1) is 13.8 Å². The zero-order valence-corrected chi connectivity index (χ0v) is 32.6. The van der Waals surface area contributed by atoms with Crippen molar-refractivity contribution >= 4 is 11.4 Å². The van der Waals surface area contributed by atoms with Crippen LogP contribution in [0.25, 0.3) is 11.4 Å². The summed E-state index contributed by atoms with van der Waals surface area (Å²) in [6.07, 6.45) is 0. The molecule has 1 radical (unpaired) electrons. The van der Waals surface area contributed by atoms with Gasteiger partial charge in [0.15, 0.2) is 0 Å². The van der Waals surface area contributed by atoms with Gasteiger partial charge in [-0.3, -0.25) is 9.98 Å². The van der Waals surface area contributed by atoms with Crippen LogP contribution in [0.15, 0.2) is 192 Å². The third-order valence-electron chi connectivity index (χ3n) is 9.13. The predicted octanol–water partition coefficient (Wildman–Crippen LogP) is 8.58. The third kappa shape index (κ3) is 9.53. The average molecular weight is 792 g/mol. The molecule has 0 saturated heterocycles. The smallest absolute Gasteiger partial charge is 0.858 e. The van der Waals surface area contributed by atoms with E-state index in [0.29, 0.717) is 47.0 Å². The topological polar surface area (TPSA) is 106 Å². The van der Waals surface area contributed by atoms with Crippen molar-refractivity contribution in [1.82, 2.24) is 19.6 Å². The van der Waals surface area contributed by atoms with Crippen molar-refractivity contribution < 1.29 is 27.0 Å². The summed E-state index contributed by atoms with van der Waals surface area (Å²) in [6, 6.07) is 58.6. The minimum Gasteiger partial charge on any atom is -0.858 e. The maximum Gasteiger partial charge on any atom is 2.00 e. The van der Waals surface area contributed by atoms with Crippen molar-refractivity contribution in [3.8, 4) is 23.1 Å². The molecule has 0 amide bonds. The van der Waals surface area contributed by atoms with Gasteiger partial charge in [-0.15, -0.1) is 0 Å². The van der Waals surface area contributed by atoms with Crippen molar-refractivity contribution in [3.63, 3.8) is 0 Å². The Morgan fingerprint density at radius 3 is 1.04 bits per heavy atom. The van der Waals surface area contributed by atoms with Gasteiger partial charge in [-0.1, -0.05) is 158 Å². The maximum atomic E-state index is 13.2. The number of aliphatic imine (C=N–C) groups is 2. The summed E-state index contributed by atoms with van der Waals surface area (Å²) in [5.41, 5.74) is 9.29. The van der Waals surface area contributed by atoms with Gasteiger partial charge in [0.2, 0.25) is 0 Å². The Kier molecular flexibility index (Phi) is 13.4. The Labute approximate surface area is 343 Å². The summed E-state index contributed by atoms with van der Waals surface area (Å²) in [4.78, 5) is 9.65. The Bertz CT molecular complexity index is 2360. The van der Waals surface area contributed by atoms with E-state index < -0.39 is 0 Å². The molecule has 8 aromatic rings. The molecule has 9 heteroatoms. The van der Waals surface area contributed by atoms with Crippen LogP contribution in [-0.4, -0.2) is 31.0 Å². The van der Waals surface area contributed by atoms with Gasteiger partial charge in [0, 0.05) is 34.0 Å². The molecule has 0 aliphatic carbocycles. The summed E-state index contributed by atoms with van der Waals surface area (Å²) >= 11 is 0. The van der Waals surface area contributed by atoms with Gasteiger partial charge in [-0.05, 0) is 49.2 Å². The number of benzene rings is 6. The molecule has 0 aliphatic heterocycles. The molecular weight excluding hydrogens is 752 g/mol. The Morgan fingerprint density at radius 1 is 0.439 bits per heavy atom. The summed E-state index contributed by atoms with van der Waals surface area (Å²) in [6.45, 7) is 4.72. The van der Waals surface area contributed by atoms with Crippen LogP contribution >= 0.6 is 0 Å². The number of nitrogens with zero attached hydrogens (tertiary/aromatic N) is 6. The molecule has 8 rings (SSSR count).